The molecule has 1 aromatic heterocycles. The molecule has 1 aliphatic heterocycles. The van der Waals surface area contributed by atoms with Gasteiger partial charge < -0.3 is 9.32 Å². The van der Waals surface area contributed by atoms with Gasteiger partial charge in [0.25, 0.3) is 5.91 Å². The maximum Gasteiger partial charge on any atom is 0.268 e. The topological polar surface area (TPSA) is 74.7 Å². The quantitative estimate of drug-likeness (QED) is 0.469. The average molecular weight is 266 g/mol. The summed E-state index contributed by atoms with van der Waals surface area (Å²) in [6.45, 7) is 2.69. The fourth-order valence-corrected chi connectivity index (χ4v) is 2.54. The Labute approximate surface area is 113 Å². The number of hydrogen-bond donors (Lipinski definition) is 2. The monoisotopic (exact) mass is 266 g/mol. The Bertz CT molecular complexity index is 430. The van der Waals surface area contributed by atoms with Gasteiger partial charge in [0, 0.05) is 12.6 Å². The third-order valence-electron chi connectivity index (χ3n) is 3.70. The van der Waals surface area contributed by atoms with Crippen molar-refractivity contribution in [3.8, 4) is 0 Å². The molecule has 19 heavy (non-hydrogen) atoms. The number of likely N-dealkylation sites (N-methyl/N-ethyl adjacent to an activating group) is 1. The van der Waals surface area contributed by atoms with E-state index in [1.54, 1.807) is 6.07 Å². The highest BCUT2D eigenvalue weighted by Crippen LogP contribution is 2.19. The van der Waals surface area contributed by atoms with Crippen LogP contribution < -0.4 is 11.3 Å². The van der Waals surface area contributed by atoms with Crippen LogP contribution in [-0.4, -0.2) is 48.9 Å². The molecule has 1 atom stereocenters. The Balaban J connectivity index is 2.01. The summed E-state index contributed by atoms with van der Waals surface area (Å²) in [6, 6.07) is 2.22. The molecule has 0 bridgehead atoms. The van der Waals surface area contributed by atoms with Gasteiger partial charge in [-0.25, -0.2) is 5.84 Å². The minimum absolute atomic E-state index is 0.301. The van der Waals surface area contributed by atoms with E-state index < -0.39 is 0 Å². The standard InChI is InChI=1S/C13H22N4O2/c1-16(2)10-4-3-6-17(8-10)9-12-11(5-7-19-12)13(18)15-14/h5,7,10H,3-4,6,8-9,14H2,1-2H3,(H,15,18). The highest BCUT2D eigenvalue weighted by atomic mass is 16.3. The number of hydrazine groups is 1. The molecular formula is C13H22N4O2. The summed E-state index contributed by atoms with van der Waals surface area (Å²) in [7, 11) is 4.21. The number of carbonyl (C=O) groups excluding carboxylic acids is 1. The van der Waals surface area contributed by atoms with Crippen molar-refractivity contribution in [3.05, 3.63) is 23.7 Å². The number of nitrogens with two attached hydrogens (primary N) is 1. The highest BCUT2D eigenvalue weighted by Gasteiger charge is 2.23. The van der Waals surface area contributed by atoms with E-state index in [1.807, 2.05) is 0 Å². The number of nitrogen functional groups attached to an aromatic ring is 1. The lowest BCUT2D eigenvalue weighted by Gasteiger charge is -2.35. The second-order valence-electron chi connectivity index (χ2n) is 5.23. The predicted octanol–water partition coefficient (Wildman–Crippen LogP) is 0.409. The molecule has 1 amide bonds. The molecule has 6 heteroatoms. The lowest BCUT2D eigenvalue weighted by atomic mass is 10.0. The zero-order valence-corrected chi connectivity index (χ0v) is 11.6. The molecule has 1 aliphatic rings. The predicted molar refractivity (Wildman–Crippen MR) is 72.3 cm³/mol. The lowest BCUT2D eigenvalue weighted by Crippen LogP contribution is -2.44. The molecule has 1 fully saturated rings. The van der Waals surface area contributed by atoms with E-state index in [4.69, 9.17) is 10.3 Å². The van der Waals surface area contributed by atoms with Gasteiger partial charge in [0.05, 0.1) is 18.4 Å². The van der Waals surface area contributed by atoms with Crippen LogP contribution in [0.25, 0.3) is 0 Å². The first-order valence-electron chi connectivity index (χ1n) is 6.58. The summed E-state index contributed by atoms with van der Waals surface area (Å²) in [5.74, 6) is 5.55. The summed E-state index contributed by atoms with van der Waals surface area (Å²) < 4.78 is 5.41. The second kappa shape index (κ2) is 6.18. The molecule has 0 aliphatic carbocycles. The Morgan fingerprint density at radius 2 is 2.42 bits per heavy atom. The van der Waals surface area contributed by atoms with Crippen LogP contribution >= 0.6 is 0 Å². The molecule has 6 nitrogen and oxygen atoms in total. The molecule has 1 saturated heterocycles. The van der Waals surface area contributed by atoms with Crippen molar-refractivity contribution in [2.45, 2.75) is 25.4 Å². The van der Waals surface area contributed by atoms with Crippen molar-refractivity contribution >= 4 is 5.91 Å². The SMILES string of the molecule is CN(C)C1CCCN(Cc2occc2C(=O)NN)C1. The largest absolute Gasteiger partial charge is 0.467 e. The second-order valence-corrected chi connectivity index (χ2v) is 5.23. The van der Waals surface area contributed by atoms with E-state index in [0.29, 0.717) is 23.9 Å². The molecule has 0 aromatic carbocycles. The van der Waals surface area contributed by atoms with Crippen molar-refractivity contribution < 1.29 is 9.21 Å². The molecule has 2 heterocycles. The number of hydrogen-bond acceptors (Lipinski definition) is 5. The van der Waals surface area contributed by atoms with Gasteiger partial charge in [0.2, 0.25) is 0 Å². The Morgan fingerprint density at radius 1 is 1.63 bits per heavy atom. The van der Waals surface area contributed by atoms with Crippen LogP contribution in [0, 0.1) is 0 Å². The van der Waals surface area contributed by atoms with E-state index in [0.717, 1.165) is 13.1 Å². The number of furan rings is 1. The molecule has 0 radical (unpaired) electrons. The molecule has 106 valence electrons. The maximum absolute atomic E-state index is 11.6. The number of nitrogens with zero attached hydrogens (tertiary/aromatic N) is 2. The van der Waals surface area contributed by atoms with Gasteiger partial charge in [0.1, 0.15) is 5.76 Å². The van der Waals surface area contributed by atoms with Gasteiger partial charge in [-0.1, -0.05) is 0 Å². The van der Waals surface area contributed by atoms with Gasteiger partial charge in [-0.15, -0.1) is 0 Å². The zero-order chi connectivity index (χ0) is 13.8. The zero-order valence-electron chi connectivity index (χ0n) is 11.6. The summed E-state index contributed by atoms with van der Waals surface area (Å²) in [5.41, 5.74) is 2.67. The first kappa shape index (κ1) is 14.0. The third kappa shape index (κ3) is 3.34. The number of rotatable bonds is 4. The number of nitrogens with one attached hydrogen (secondary N) is 1. The van der Waals surface area contributed by atoms with E-state index in [-0.39, 0.29) is 5.91 Å². The maximum atomic E-state index is 11.6. The molecule has 1 unspecified atom stereocenters. The summed E-state index contributed by atoms with van der Waals surface area (Å²) in [4.78, 5) is 16.2. The lowest BCUT2D eigenvalue weighted by molar-refractivity contribution is 0.0944. The van der Waals surface area contributed by atoms with Crippen molar-refractivity contribution in [2.24, 2.45) is 5.84 Å². The molecule has 1 aromatic rings. The fourth-order valence-electron chi connectivity index (χ4n) is 2.54. The first-order valence-corrected chi connectivity index (χ1v) is 6.58. The van der Waals surface area contributed by atoms with E-state index in [2.05, 4.69) is 29.3 Å². The fraction of sp³-hybridized carbons (Fsp3) is 0.615. The number of piperidine rings is 1. The molecular weight excluding hydrogens is 244 g/mol. The van der Waals surface area contributed by atoms with Crippen LogP contribution in [0.2, 0.25) is 0 Å². The van der Waals surface area contributed by atoms with Gasteiger partial charge in [-0.2, -0.15) is 0 Å². The van der Waals surface area contributed by atoms with Crippen LogP contribution in [0.5, 0.6) is 0 Å². The average Bonchev–Trinajstić information content (AvgIpc) is 2.86. The molecule has 3 N–H and O–H groups in total. The third-order valence-corrected chi connectivity index (χ3v) is 3.70. The summed E-state index contributed by atoms with van der Waals surface area (Å²) in [5, 5.41) is 0. The van der Waals surface area contributed by atoms with Crippen LogP contribution in [-0.2, 0) is 6.54 Å². The van der Waals surface area contributed by atoms with Gasteiger partial charge in [-0.05, 0) is 39.5 Å². The van der Waals surface area contributed by atoms with Crippen molar-refractivity contribution in [2.75, 3.05) is 27.2 Å². The van der Waals surface area contributed by atoms with Gasteiger partial charge in [-0.3, -0.25) is 15.1 Å². The number of amides is 1. The summed E-state index contributed by atoms with van der Waals surface area (Å²) in [6.07, 6.45) is 3.92. The van der Waals surface area contributed by atoms with Crippen molar-refractivity contribution in [3.63, 3.8) is 0 Å². The first-order chi connectivity index (χ1) is 9.11. The Hall–Kier alpha value is -1.37. The minimum Gasteiger partial charge on any atom is -0.467 e. The van der Waals surface area contributed by atoms with Crippen LogP contribution in [0.15, 0.2) is 16.7 Å². The summed E-state index contributed by atoms with van der Waals surface area (Å²) >= 11 is 0. The Morgan fingerprint density at radius 3 is 3.11 bits per heavy atom. The Kier molecular flexibility index (Phi) is 4.57. The van der Waals surface area contributed by atoms with E-state index in [9.17, 15) is 4.79 Å². The van der Waals surface area contributed by atoms with Crippen LogP contribution in [0.3, 0.4) is 0 Å². The normalized spacial score (nSPS) is 20.7. The minimum atomic E-state index is -0.301. The van der Waals surface area contributed by atoms with E-state index in [1.165, 1.54) is 19.1 Å². The smallest absolute Gasteiger partial charge is 0.268 e. The number of likely N-dealkylation sites (tertiary alicyclic amines) is 1. The van der Waals surface area contributed by atoms with Gasteiger partial charge >= 0.3 is 0 Å². The van der Waals surface area contributed by atoms with Crippen molar-refractivity contribution in [1.82, 2.24) is 15.2 Å². The van der Waals surface area contributed by atoms with E-state index >= 15 is 0 Å². The van der Waals surface area contributed by atoms with Crippen LogP contribution in [0.4, 0.5) is 0 Å². The molecule has 2 rings (SSSR count). The van der Waals surface area contributed by atoms with Crippen LogP contribution in [0.1, 0.15) is 29.0 Å². The van der Waals surface area contributed by atoms with Gasteiger partial charge in [0.15, 0.2) is 0 Å². The highest BCUT2D eigenvalue weighted by molar-refractivity contribution is 5.94. The molecule has 0 spiro atoms. The molecule has 0 saturated carbocycles. The van der Waals surface area contributed by atoms with Crippen molar-refractivity contribution in [1.29, 1.82) is 0 Å². The number of carbonyl (C=O) groups is 1.